The molecule has 1 aliphatic rings. The molecule has 1 saturated heterocycles. The molecule has 0 radical (unpaired) electrons. The van der Waals surface area contributed by atoms with E-state index < -0.39 is 0 Å². The van der Waals surface area contributed by atoms with E-state index in [1.165, 1.54) is 24.8 Å². The lowest BCUT2D eigenvalue weighted by Gasteiger charge is -2.51. The number of hydroxylamine groups is 2. The van der Waals surface area contributed by atoms with Crippen LogP contribution in [0.5, 0.6) is 0 Å². The van der Waals surface area contributed by atoms with Gasteiger partial charge in [0.2, 0.25) is 0 Å². The first-order valence-electron chi connectivity index (χ1n) is 7.39. The minimum Gasteiger partial charge on any atom is -0.298 e. The summed E-state index contributed by atoms with van der Waals surface area (Å²) in [5.41, 5.74) is 1.62. The van der Waals surface area contributed by atoms with Gasteiger partial charge in [0.1, 0.15) is 0 Å². The summed E-state index contributed by atoms with van der Waals surface area (Å²) in [6.45, 7) is 9.91. The van der Waals surface area contributed by atoms with E-state index in [2.05, 4.69) is 63.1 Å². The molecule has 0 aliphatic carbocycles. The van der Waals surface area contributed by atoms with E-state index in [9.17, 15) is 0 Å². The average Bonchev–Trinajstić information content (AvgIpc) is 2.33. The highest BCUT2D eigenvalue weighted by Gasteiger charge is 2.42. The molecule has 1 fully saturated rings. The lowest BCUT2D eigenvalue weighted by atomic mass is 9.82. The van der Waals surface area contributed by atoms with Gasteiger partial charge in [0.15, 0.2) is 0 Å². The molecular weight excluding hydrogens is 234 g/mol. The van der Waals surface area contributed by atoms with Crippen molar-refractivity contribution < 1.29 is 4.84 Å². The standard InChI is InChI=1S/C17H27NO/c1-16(2)12-8-13-17(3,4)18(16)19-14-11-15-9-6-5-7-10-15/h5-7,9-10H,8,11-14H2,1-4H3. The van der Waals surface area contributed by atoms with Gasteiger partial charge in [-0.1, -0.05) is 30.3 Å². The first-order valence-corrected chi connectivity index (χ1v) is 7.39. The van der Waals surface area contributed by atoms with Crippen LogP contribution in [0.3, 0.4) is 0 Å². The molecule has 2 nitrogen and oxygen atoms in total. The molecule has 2 rings (SSSR count). The largest absolute Gasteiger partial charge is 0.298 e. The zero-order valence-electron chi connectivity index (χ0n) is 12.8. The van der Waals surface area contributed by atoms with Crippen LogP contribution in [0.4, 0.5) is 0 Å². The molecular formula is C17H27NO. The fourth-order valence-corrected chi connectivity index (χ4v) is 3.22. The van der Waals surface area contributed by atoms with Crippen LogP contribution in [-0.4, -0.2) is 22.7 Å². The Morgan fingerprint density at radius 3 is 2.16 bits per heavy atom. The van der Waals surface area contributed by atoms with Crippen molar-refractivity contribution in [3.05, 3.63) is 35.9 Å². The van der Waals surface area contributed by atoms with Gasteiger partial charge < -0.3 is 0 Å². The molecule has 0 atom stereocenters. The van der Waals surface area contributed by atoms with Gasteiger partial charge in [-0.2, -0.15) is 5.06 Å². The SMILES string of the molecule is CC1(C)CCCC(C)(C)N1OCCc1ccccc1. The van der Waals surface area contributed by atoms with Crippen LogP contribution in [0.2, 0.25) is 0 Å². The van der Waals surface area contributed by atoms with E-state index in [1.807, 2.05) is 0 Å². The third-order valence-corrected chi connectivity index (χ3v) is 4.13. The average molecular weight is 261 g/mol. The monoisotopic (exact) mass is 261 g/mol. The second-order valence-electron chi connectivity index (χ2n) is 6.84. The molecule has 19 heavy (non-hydrogen) atoms. The molecule has 106 valence electrons. The Bertz CT molecular complexity index is 381. The van der Waals surface area contributed by atoms with Crippen molar-refractivity contribution >= 4 is 0 Å². The first-order chi connectivity index (χ1) is 8.92. The predicted molar refractivity (Wildman–Crippen MR) is 79.9 cm³/mol. The quantitative estimate of drug-likeness (QED) is 0.805. The van der Waals surface area contributed by atoms with Gasteiger partial charge >= 0.3 is 0 Å². The molecule has 0 aromatic heterocycles. The van der Waals surface area contributed by atoms with Crippen LogP contribution in [0, 0.1) is 0 Å². The van der Waals surface area contributed by atoms with Gasteiger partial charge in [-0.05, 0) is 58.9 Å². The predicted octanol–water partition coefficient (Wildman–Crippen LogP) is 4.20. The molecule has 0 amide bonds. The molecule has 2 heteroatoms. The second kappa shape index (κ2) is 5.64. The number of hydrogen-bond donors (Lipinski definition) is 0. The van der Waals surface area contributed by atoms with Gasteiger partial charge in [0.05, 0.1) is 6.61 Å². The van der Waals surface area contributed by atoms with Crippen LogP contribution in [0.25, 0.3) is 0 Å². The smallest absolute Gasteiger partial charge is 0.0725 e. The Morgan fingerprint density at radius 1 is 1.00 bits per heavy atom. The summed E-state index contributed by atoms with van der Waals surface area (Å²) in [5, 5.41) is 2.24. The van der Waals surface area contributed by atoms with Gasteiger partial charge in [-0.15, -0.1) is 0 Å². The second-order valence-corrected chi connectivity index (χ2v) is 6.84. The minimum absolute atomic E-state index is 0.137. The van der Waals surface area contributed by atoms with Crippen LogP contribution >= 0.6 is 0 Å². The Labute approximate surface area is 117 Å². The molecule has 1 aromatic rings. The summed E-state index contributed by atoms with van der Waals surface area (Å²) in [5.74, 6) is 0. The third kappa shape index (κ3) is 3.58. The molecule has 1 heterocycles. The molecule has 1 aromatic carbocycles. The molecule has 1 aliphatic heterocycles. The van der Waals surface area contributed by atoms with Gasteiger partial charge in [0.25, 0.3) is 0 Å². The minimum atomic E-state index is 0.137. The normalized spacial score (nSPS) is 22.3. The maximum absolute atomic E-state index is 6.15. The number of benzene rings is 1. The third-order valence-electron chi connectivity index (χ3n) is 4.13. The summed E-state index contributed by atoms with van der Waals surface area (Å²) in [6.07, 6.45) is 4.69. The highest BCUT2D eigenvalue weighted by atomic mass is 16.7. The molecule has 0 unspecified atom stereocenters. The van der Waals surface area contributed by atoms with Crippen LogP contribution < -0.4 is 0 Å². The van der Waals surface area contributed by atoms with Crippen LogP contribution in [0.15, 0.2) is 30.3 Å². The van der Waals surface area contributed by atoms with Crippen molar-refractivity contribution in [3.63, 3.8) is 0 Å². The summed E-state index contributed by atoms with van der Waals surface area (Å²) in [7, 11) is 0. The van der Waals surface area contributed by atoms with Gasteiger partial charge in [-0.25, -0.2) is 0 Å². The van der Waals surface area contributed by atoms with Crippen molar-refractivity contribution in [1.29, 1.82) is 0 Å². The lowest BCUT2D eigenvalue weighted by molar-refractivity contribution is -0.280. The lowest BCUT2D eigenvalue weighted by Crippen LogP contribution is -2.58. The number of rotatable bonds is 4. The highest BCUT2D eigenvalue weighted by Crippen LogP contribution is 2.38. The van der Waals surface area contributed by atoms with Crippen molar-refractivity contribution in [2.45, 2.75) is 64.5 Å². The zero-order chi connectivity index (χ0) is 13.9. The number of piperidine rings is 1. The zero-order valence-corrected chi connectivity index (χ0v) is 12.8. The van der Waals surface area contributed by atoms with Gasteiger partial charge in [0, 0.05) is 11.1 Å². The van der Waals surface area contributed by atoms with Crippen LogP contribution in [-0.2, 0) is 11.3 Å². The molecule has 0 spiro atoms. The van der Waals surface area contributed by atoms with Crippen molar-refractivity contribution in [2.24, 2.45) is 0 Å². The van der Waals surface area contributed by atoms with E-state index in [0.717, 1.165) is 13.0 Å². The van der Waals surface area contributed by atoms with E-state index in [4.69, 9.17) is 4.84 Å². The Balaban J connectivity index is 1.93. The molecule has 0 saturated carbocycles. The van der Waals surface area contributed by atoms with Crippen molar-refractivity contribution in [3.8, 4) is 0 Å². The topological polar surface area (TPSA) is 12.5 Å². The van der Waals surface area contributed by atoms with E-state index in [-0.39, 0.29) is 11.1 Å². The maximum atomic E-state index is 6.15. The van der Waals surface area contributed by atoms with Crippen LogP contribution in [0.1, 0.15) is 52.5 Å². The van der Waals surface area contributed by atoms with E-state index in [1.54, 1.807) is 0 Å². The summed E-state index contributed by atoms with van der Waals surface area (Å²) in [6, 6.07) is 10.6. The number of hydrogen-bond acceptors (Lipinski definition) is 2. The Hall–Kier alpha value is -0.860. The molecule has 0 bridgehead atoms. The van der Waals surface area contributed by atoms with Crippen molar-refractivity contribution in [2.75, 3.05) is 6.61 Å². The van der Waals surface area contributed by atoms with Crippen molar-refractivity contribution in [1.82, 2.24) is 5.06 Å². The fourth-order valence-electron chi connectivity index (χ4n) is 3.22. The van der Waals surface area contributed by atoms with Gasteiger partial charge in [-0.3, -0.25) is 4.84 Å². The van der Waals surface area contributed by atoms with E-state index >= 15 is 0 Å². The highest BCUT2D eigenvalue weighted by molar-refractivity contribution is 5.14. The molecule has 0 N–H and O–H groups in total. The number of nitrogens with zero attached hydrogens (tertiary/aromatic N) is 1. The Kier molecular flexibility index (Phi) is 4.32. The van der Waals surface area contributed by atoms with E-state index in [0.29, 0.717) is 0 Å². The summed E-state index contributed by atoms with van der Waals surface area (Å²) >= 11 is 0. The maximum Gasteiger partial charge on any atom is 0.0725 e. The fraction of sp³-hybridized carbons (Fsp3) is 0.647. The first kappa shape index (κ1) is 14.5. The summed E-state index contributed by atoms with van der Waals surface area (Å²) in [4.78, 5) is 6.15. The summed E-state index contributed by atoms with van der Waals surface area (Å²) < 4.78 is 0. The Morgan fingerprint density at radius 2 is 1.58 bits per heavy atom.